The van der Waals surface area contributed by atoms with E-state index in [1.807, 2.05) is 6.20 Å². The fraction of sp³-hybridized carbons (Fsp3) is 0.706. The molecule has 0 saturated carbocycles. The molecule has 1 saturated heterocycles. The van der Waals surface area contributed by atoms with Crippen LogP contribution in [0.4, 0.5) is 0 Å². The summed E-state index contributed by atoms with van der Waals surface area (Å²) in [5.74, 6) is 0. The van der Waals surface area contributed by atoms with Crippen LogP contribution in [0.25, 0.3) is 0 Å². The van der Waals surface area contributed by atoms with E-state index in [4.69, 9.17) is 4.74 Å². The Hall–Kier alpha value is -0.930. The molecule has 3 nitrogen and oxygen atoms in total. The highest BCUT2D eigenvalue weighted by Crippen LogP contribution is 2.18. The zero-order valence-corrected chi connectivity index (χ0v) is 12.9. The molecule has 3 heteroatoms. The van der Waals surface area contributed by atoms with Crippen molar-refractivity contribution in [1.82, 2.24) is 10.3 Å². The van der Waals surface area contributed by atoms with Gasteiger partial charge in [-0.2, -0.15) is 0 Å². The average Bonchev–Trinajstić information content (AvgIpc) is 2.99. The fourth-order valence-corrected chi connectivity index (χ4v) is 2.86. The Morgan fingerprint density at radius 3 is 2.90 bits per heavy atom. The summed E-state index contributed by atoms with van der Waals surface area (Å²) < 4.78 is 5.72. The first-order valence-electron chi connectivity index (χ1n) is 8.10. The lowest BCUT2D eigenvalue weighted by Gasteiger charge is -2.19. The molecule has 112 valence electrons. The van der Waals surface area contributed by atoms with Crippen LogP contribution in [0.15, 0.2) is 18.3 Å². The van der Waals surface area contributed by atoms with Gasteiger partial charge in [-0.1, -0.05) is 19.9 Å². The van der Waals surface area contributed by atoms with Crippen molar-refractivity contribution < 1.29 is 4.74 Å². The van der Waals surface area contributed by atoms with E-state index in [9.17, 15) is 0 Å². The van der Waals surface area contributed by atoms with Gasteiger partial charge >= 0.3 is 0 Å². The van der Waals surface area contributed by atoms with Crippen molar-refractivity contribution in [3.8, 4) is 0 Å². The molecule has 0 amide bonds. The first kappa shape index (κ1) is 15.5. The molecular weight excluding hydrogens is 248 g/mol. The van der Waals surface area contributed by atoms with Crippen molar-refractivity contribution >= 4 is 0 Å². The zero-order chi connectivity index (χ0) is 14.2. The van der Waals surface area contributed by atoms with Crippen LogP contribution in [-0.4, -0.2) is 30.3 Å². The number of ether oxygens (including phenoxy) is 1. The molecule has 1 aromatic rings. The van der Waals surface area contributed by atoms with Crippen LogP contribution >= 0.6 is 0 Å². The van der Waals surface area contributed by atoms with Gasteiger partial charge in [0.1, 0.15) is 0 Å². The summed E-state index contributed by atoms with van der Waals surface area (Å²) >= 11 is 0. The van der Waals surface area contributed by atoms with Gasteiger partial charge in [0.05, 0.1) is 6.10 Å². The minimum Gasteiger partial charge on any atom is -0.378 e. The Morgan fingerprint density at radius 1 is 1.40 bits per heavy atom. The third-order valence-electron chi connectivity index (χ3n) is 4.10. The van der Waals surface area contributed by atoms with Gasteiger partial charge in [0.25, 0.3) is 0 Å². The van der Waals surface area contributed by atoms with Gasteiger partial charge in [0, 0.05) is 31.0 Å². The van der Waals surface area contributed by atoms with Crippen molar-refractivity contribution in [2.75, 3.05) is 13.2 Å². The van der Waals surface area contributed by atoms with Crippen molar-refractivity contribution in [1.29, 1.82) is 0 Å². The molecule has 0 bridgehead atoms. The third-order valence-corrected chi connectivity index (χ3v) is 4.10. The predicted molar refractivity (Wildman–Crippen MR) is 83.0 cm³/mol. The number of aromatic nitrogens is 1. The van der Waals surface area contributed by atoms with Crippen LogP contribution in [0.2, 0.25) is 0 Å². The van der Waals surface area contributed by atoms with Crippen molar-refractivity contribution in [3.05, 3.63) is 29.6 Å². The minimum atomic E-state index is 0.492. The second-order valence-corrected chi connectivity index (χ2v) is 5.68. The van der Waals surface area contributed by atoms with Crippen LogP contribution in [-0.2, 0) is 17.6 Å². The Morgan fingerprint density at radius 2 is 2.30 bits per heavy atom. The second-order valence-electron chi connectivity index (χ2n) is 5.68. The summed E-state index contributed by atoms with van der Waals surface area (Å²) in [5, 5.41) is 3.59. The third kappa shape index (κ3) is 4.88. The van der Waals surface area contributed by atoms with E-state index in [0.717, 1.165) is 26.0 Å². The van der Waals surface area contributed by atoms with Crippen LogP contribution in [0.3, 0.4) is 0 Å². The molecule has 1 aromatic heterocycles. The Kier molecular flexibility index (Phi) is 6.48. The smallest absolute Gasteiger partial charge is 0.0576 e. The molecule has 2 heterocycles. The number of pyridine rings is 1. The van der Waals surface area contributed by atoms with E-state index < -0.39 is 0 Å². The number of nitrogens with one attached hydrogen (secondary N) is 1. The Labute approximate surface area is 123 Å². The van der Waals surface area contributed by atoms with E-state index in [1.165, 1.54) is 36.9 Å². The number of rotatable bonds is 8. The predicted octanol–water partition coefficient (Wildman–Crippen LogP) is 3.12. The summed E-state index contributed by atoms with van der Waals surface area (Å²) in [6.07, 6.45) is 9.40. The van der Waals surface area contributed by atoms with Crippen LogP contribution in [0.5, 0.6) is 0 Å². The number of likely N-dealkylation sites (N-methyl/N-ethyl adjacent to an activating group) is 1. The summed E-state index contributed by atoms with van der Waals surface area (Å²) in [6.45, 7) is 6.31. The topological polar surface area (TPSA) is 34.1 Å². The first-order valence-corrected chi connectivity index (χ1v) is 8.10. The average molecular weight is 276 g/mol. The molecule has 2 atom stereocenters. The highest BCUT2D eigenvalue weighted by atomic mass is 16.5. The standard InChI is InChI=1S/C17H28N2O/c1-3-14-7-8-16(19-13-14)12-15(18-4-2)9-10-17-6-5-11-20-17/h7-8,13,15,17-18H,3-6,9-12H2,1-2H3. The Bertz CT molecular complexity index is 371. The van der Waals surface area contributed by atoms with E-state index in [-0.39, 0.29) is 0 Å². The molecule has 0 aliphatic carbocycles. The molecule has 0 spiro atoms. The van der Waals surface area contributed by atoms with Gasteiger partial charge in [-0.05, 0) is 50.3 Å². The molecule has 1 fully saturated rings. The van der Waals surface area contributed by atoms with E-state index in [2.05, 4.69) is 36.3 Å². The molecule has 2 unspecified atom stereocenters. The molecule has 1 aliphatic heterocycles. The van der Waals surface area contributed by atoms with E-state index >= 15 is 0 Å². The van der Waals surface area contributed by atoms with Gasteiger partial charge in [-0.3, -0.25) is 4.98 Å². The van der Waals surface area contributed by atoms with Crippen LogP contribution in [0, 0.1) is 0 Å². The molecule has 0 radical (unpaired) electrons. The summed E-state index contributed by atoms with van der Waals surface area (Å²) in [5.41, 5.74) is 2.51. The quantitative estimate of drug-likeness (QED) is 0.792. The summed E-state index contributed by atoms with van der Waals surface area (Å²) in [7, 11) is 0. The van der Waals surface area contributed by atoms with Gasteiger partial charge in [-0.15, -0.1) is 0 Å². The van der Waals surface area contributed by atoms with Gasteiger partial charge in [0.15, 0.2) is 0 Å². The Balaban J connectivity index is 1.83. The maximum absolute atomic E-state index is 5.72. The lowest BCUT2D eigenvalue weighted by atomic mass is 10.0. The highest BCUT2D eigenvalue weighted by Gasteiger charge is 2.18. The maximum Gasteiger partial charge on any atom is 0.0576 e. The summed E-state index contributed by atoms with van der Waals surface area (Å²) in [6, 6.07) is 4.89. The van der Waals surface area contributed by atoms with Crippen molar-refractivity contribution in [2.24, 2.45) is 0 Å². The maximum atomic E-state index is 5.72. The number of hydrogen-bond acceptors (Lipinski definition) is 3. The molecular formula is C17H28N2O. The largest absolute Gasteiger partial charge is 0.378 e. The van der Waals surface area contributed by atoms with E-state index in [0.29, 0.717) is 12.1 Å². The molecule has 2 rings (SSSR count). The monoisotopic (exact) mass is 276 g/mol. The first-order chi connectivity index (χ1) is 9.81. The van der Waals surface area contributed by atoms with Crippen LogP contribution < -0.4 is 5.32 Å². The normalized spacial score (nSPS) is 20.2. The lowest BCUT2D eigenvalue weighted by molar-refractivity contribution is 0.0996. The second kappa shape index (κ2) is 8.38. The van der Waals surface area contributed by atoms with Gasteiger partial charge in [0.2, 0.25) is 0 Å². The lowest BCUT2D eigenvalue weighted by Crippen LogP contribution is -2.32. The number of aryl methyl sites for hydroxylation is 1. The van der Waals surface area contributed by atoms with Crippen LogP contribution in [0.1, 0.15) is 50.8 Å². The van der Waals surface area contributed by atoms with Gasteiger partial charge < -0.3 is 10.1 Å². The SMILES string of the molecule is CCNC(CCC1CCCO1)Cc1ccc(CC)cn1. The zero-order valence-electron chi connectivity index (χ0n) is 12.9. The fourth-order valence-electron chi connectivity index (χ4n) is 2.86. The molecule has 1 aliphatic rings. The summed E-state index contributed by atoms with van der Waals surface area (Å²) in [4.78, 5) is 4.58. The molecule has 1 N–H and O–H groups in total. The van der Waals surface area contributed by atoms with Crippen molar-refractivity contribution in [3.63, 3.8) is 0 Å². The highest BCUT2D eigenvalue weighted by molar-refractivity contribution is 5.14. The minimum absolute atomic E-state index is 0.492. The molecule has 20 heavy (non-hydrogen) atoms. The van der Waals surface area contributed by atoms with Crippen molar-refractivity contribution in [2.45, 2.75) is 64.5 Å². The number of hydrogen-bond donors (Lipinski definition) is 1. The van der Waals surface area contributed by atoms with E-state index in [1.54, 1.807) is 0 Å². The van der Waals surface area contributed by atoms with Gasteiger partial charge in [-0.25, -0.2) is 0 Å². The number of nitrogens with zero attached hydrogens (tertiary/aromatic N) is 1. The molecule has 0 aromatic carbocycles.